The van der Waals surface area contributed by atoms with Crippen molar-refractivity contribution in [3.05, 3.63) is 23.8 Å². The van der Waals surface area contributed by atoms with Crippen LogP contribution in [-0.2, 0) is 4.79 Å². The van der Waals surface area contributed by atoms with Gasteiger partial charge in [0, 0.05) is 31.5 Å². The van der Waals surface area contributed by atoms with Crippen LogP contribution in [0.3, 0.4) is 0 Å². The van der Waals surface area contributed by atoms with Crippen molar-refractivity contribution in [2.24, 2.45) is 0 Å². The van der Waals surface area contributed by atoms with E-state index in [2.05, 4.69) is 0 Å². The lowest BCUT2D eigenvalue weighted by molar-refractivity contribution is -0.125. The van der Waals surface area contributed by atoms with Gasteiger partial charge in [-0.3, -0.25) is 9.59 Å². The summed E-state index contributed by atoms with van der Waals surface area (Å²) in [6.45, 7) is 1.86. The summed E-state index contributed by atoms with van der Waals surface area (Å²) in [5.74, 6) is 1.28. The first-order valence-corrected chi connectivity index (χ1v) is 5.95. The SMILES string of the molecule is O=C(CCC(=O)N1CC1)c1ccc2c(c1)OCO2. The molecule has 0 saturated carbocycles. The first-order valence-electron chi connectivity index (χ1n) is 5.95. The van der Waals surface area contributed by atoms with Crippen molar-refractivity contribution in [1.29, 1.82) is 0 Å². The molecule has 2 heterocycles. The maximum absolute atomic E-state index is 11.9. The summed E-state index contributed by atoms with van der Waals surface area (Å²) in [6, 6.07) is 5.10. The van der Waals surface area contributed by atoms with E-state index in [0.29, 0.717) is 17.1 Å². The molecule has 1 aromatic rings. The van der Waals surface area contributed by atoms with E-state index in [4.69, 9.17) is 9.47 Å². The zero-order valence-corrected chi connectivity index (χ0v) is 9.85. The van der Waals surface area contributed by atoms with Crippen LogP contribution in [0.5, 0.6) is 11.5 Å². The summed E-state index contributed by atoms with van der Waals surface area (Å²) in [5.41, 5.74) is 0.567. The number of ketones is 1. The molecule has 0 aliphatic carbocycles. The number of ether oxygens (including phenoxy) is 2. The Bertz CT molecular complexity index is 508. The molecule has 0 atom stereocenters. The molecular formula is C13H13NO4. The Morgan fingerprint density at radius 1 is 1.11 bits per heavy atom. The highest BCUT2D eigenvalue weighted by Gasteiger charge is 2.24. The molecule has 5 heteroatoms. The standard InChI is InChI=1S/C13H13NO4/c15-10(2-4-13(16)14-5-6-14)9-1-3-11-12(7-9)18-8-17-11/h1,3,7H,2,4-6,8H2. The molecule has 1 saturated heterocycles. The van der Waals surface area contributed by atoms with Gasteiger partial charge < -0.3 is 14.4 Å². The quantitative estimate of drug-likeness (QED) is 0.593. The third-order valence-corrected chi connectivity index (χ3v) is 3.06. The number of Topliss-reactive ketones (excluding diaryl/α,β-unsaturated/α-hetero) is 1. The number of hydrogen-bond donors (Lipinski definition) is 0. The minimum absolute atomic E-state index is 0.0384. The summed E-state index contributed by atoms with van der Waals surface area (Å²) in [5, 5.41) is 0. The molecule has 0 spiro atoms. The first kappa shape index (κ1) is 11.1. The summed E-state index contributed by atoms with van der Waals surface area (Å²) in [4.78, 5) is 25.1. The number of carbonyl (C=O) groups excluding carboxylic acids is 2. The lowest BCUT2D eigenvalue weighted by Gasteiger charge is -2.03. The highest BCUT2D eigenvalue weighted by Crippen LogP contribution is 2.32. The number of hydrogen-bond acceptors (Lipinski definition) is 4. The third kappa shape index (κ3) is 2.16. The summed E-state index contributed by atoms with van der Waals surface area (Å²) in [7, 11) is 0. The van der Waals surface area contributed by atoms with Gasteiger partial charge in [0.25, 0.3) is 0 Å². The number of carbonyl (C=O) groups is 2. The molecule has 0 unspecified atom stereocenters. The fourth-order valence-electron chi connectivity index (χ4n) is 1.89. The third-order valence-electron chi connectivity index (χ3n) is 3.06. The van der Waals surface area contributed by atoms with Crippen molar-refractivity contribution < 1.29 is 19.1 Å². The first-order chi connectivity index (χ1) is 8.74. The van der Waals surface area contributed by atoms with Crippen LogP contribution in [0.2, 0.25) is 0 Å². The normalized spacial score (nSPS) is 15.7. The molecule has 2 aliphatic heterocycles. The van der Waals surface area contributed by atoms with Crippen molar-refractivity contribution in [3.8, 4) is 11.5 Å². The van der Waals surface area contributed by atoms with Crippen molar-refractivity contribution in [2.75, 3.05) is 19.9 Å². The van der Waals surface area contributed by atoms with Gasteiger partial charge in [-0.1, -0.05) is 0 Å². The van der Waals surface area contributed by atoms with Crippen LogP contribution in [0.25, 0.3) is 0 Å². The predicted molar refractivity (Wildman–Crippen MR) is 62.7 cm³/mol. The summed E-state index contributed by atoms with van der Waals surface area (Å²) in [6.07, 6.45) is 0.530. The fraction of sp³-hybridized carbons (Fsp3) is 0.385. The van der Waals surface area contributed by atoms with Crippen LogP contribution in [0.1, 0.15) is 23.2 Å². The topological polar surface area (TPSA) is 55.6 Å². The Morgan fingerprint density at radius 2 is 1.89 bits per heavy atom. The molecule has 1 amide bonds. The van der Waals surface area contributed by atoms with E-state index in [1.807, 2.05) is 0 Å². The number of amides is 1. The van der Waals surface area contributed by atoms with Crippen LogP contribution in [0, 0.1) is 0 Å². The molecule has 2 aliphatic rings. The molecule has 5 nitrogen and oxygen atoms in total. The van der Waals surface area contributed by atoms with Gasteiger partial charge in [0.2, 0.25) is 12.7 Å². The van der Waals surface area contributed by atoms with Crippen LogP contribution < -0.4 is 9.47 Å². The van der Waals surface area contributed by atoms with Crippen molar-refractivity contribution >= 4 is 11.7 Å². The van der Waals surface area contributed by atoms with Crippen molar-refractivity contribution in [1.82, 2.24) is 4.90 Å². The molecular weight excluding hydrogens is 234 g/mol. The van der Waals surface area contributed by atoms with Gasteiger partial charge in [-0.05, 0) is 18.2 Å². The zero-order chi connectivity index (χ0) is 12.5. The molecule has 18 heavy (non-hydrogen) atoms. The van der Waals surface area contributed by atoms with E-state index in [1.54, 1.807) is 23.1 Å². The molecule has 0 radical (unpaired) electrons. The summed E-state index contributed by atoms with van der Waals surface area (Å²) >= 11 is 0. The molecule has 1 fully saturated rings. The van der Waals surface area contributed by atoms with E-state index in [-0.39, 0.29) is 31.3 Å². The lowest BCUT2D eigenvalue weighted by atomic mass is 10.1. The van der Waals surface area contributed by atoms with Crippen molar-refractivity contribution in [3.63, 3.8) is 0 Å². The number of rotatable bonds is 4. The van der Waals surface area contributed by atoms with Gasteiger partial charge >= 0.3 is 0 Å². The maximum Gasteiger partial charge on any atom is 0.231 e. The van der Waals surface area contributed by atoms with Gasteiger partial charge in [0.05, 0.1) is 0 Å². The van der Waals surface area contributed by atoms with E-state index in [1.165, 1.54) is 0 Å². The number of benzene rings is 1. The van der Waals surface area contributed by atoms with Gasteiger partial charge in [-0.15, -0.1) is 0 Å². The van der Waals surface area contributed by atoms with E-state index in [0.717, 1.165) is 13.1 Å². The second-order valence-electron chi connectivity index (χ2n) is 4.37. The molecule has 0 N–H and O–H groups in total. The molecule has 1 aromatic carbocycles. The Morgan fingerprint density at radius 3 is 2.67 bits per heavy atom. The van der Waals surface area contributed by atoms with Crippen LogP contribution in [0.4, 0.5) is 0 Å². The van der Waals surface area contributed by atoms with Crippen molar-refractivity contribution in [2.45, 2.75) is 12.8 Å². The molecule has 94 valence electrons. The second kappa shape index (κ2) is 4.33. The number of fused-ring (bicyclic) bond motifs is 1. The average molecular weight is 247 g/mol. The molecule has 0 bridgehead atoms. The Kier molecular flexibility index (Phi) is 2.66. The van der Waals surface area contributed by atoms with Gasteiger partial charge in [0.15, 0.2) is 17.3 Å². The summed E-state index contributed by atoms with van der Waals surface area (Å²) < 4.78 is 10.4. The smallest absolute Gasteiger partial charge is 0.231 e. The molecule has 0 aromatic heterocycles. The van der Waals surface area contributed by atoms with Crippen LogP contribution in [-0.4, -0.2) is 36.5 Å². The van der Waals surface area contributed by atoms with E-state index < -0.39 is 0 Å². The highest BCUT2D eigenvalue weighted by atomic mass is 16.7. The van der Waals surface area contributed by atoms with E-state index in [9.17, 15) is 9.59 Å². The Hall–Kier alpha value is -2.04. The van der Waals surface area contributed by atoms with Gasteiger partial charge in [0.1, 0.15) is 0 Å². The van der Waals surface area contributed by atoms with Crippen LogP contribution >= 0.6 is 0 Å². The predicted octanol–water partition coefficient (Wildman–Crippen LogP) is 1.22. The zero-order valence-electron chi connectivity index (χ0n) is 9.85. The highest BCUT2D eigenvalue weighted by molar-refractivity contribution is 5.98. The largest absolute Gasteiger partial charge is 0.454 e. The van der Waals surface area contributed by atoms with Crippen LogP contribution in [0.15, 0.2) is 18.2 Å². The minimum Gasteiger partial charge on any atom is -0.454 e. The van der Waals surface area contributed by atoms with E-state index >= 15 is 0 Å². The maximum atomic E-state index is 11.9. The van der Waals surface area contributed by atoms with Gasteiger partial charge in [-0.25, -0.2) is 0 Å². The lowest BCUT2D eigenvalue weighted by Crippen LogP contribution is -2.12. The fourth-order valence-corrected chi connectivity index (χ4v) is 1.89. The number of nitrogens with zero attached hydrogens (tertiary/aromatic N) is 1. The minimum atomic E-state index is -0.0384. The van der Waals surface area contributed by atoms with Gasteiger partial charge in [-0.2, -0.15) is 0 Å². The average Bonchev–Trinajstić information content (AvgIpc) is 3.13. The monoisotopic (exact) mass is 247 g/mol. The Balaban J connectivity index is 1.63. The molecule has 3 rings (SSSR count). The second-order valence-corrected chi connectivity index (χ2v) is 4.37. The Labute approximate surface area is 104 Å².